The van der Waals surface area contributed by atoms with Crippen LogP contribution in [-0.4, -0.2) is 44.4 Å². The Hall–Kier alpha value is -1.89. The van der Waals surface area contributed by atoms with Crippen LogP contribution in [0.1, 0.15) is 37.8 Å². The van der Waals surface area contributed by atoms with Gasteiger partial charge in [0.2, 0.25) is 5.91 Å². The van der Waals surface area contributed by atoms with Gasteiger partial charge < -0.3 is 4.74 Å². The zero-order valence-electron chi connectivity index (χ0n) is 15.8. The molecule has 0 radical (unpaired) electrons. The fourth-order valence-electron chi connectivity index (χ4n) is 3.47. The molecule has 2 atom stereocenters. The maximum Gasteiger partial charge on any atom is 0.328 e. The van der Waals surface area contributed by atoms with E-state index in [1.807, 2.05) is 32.0 Å². The van der Waals surface area contributed by atoms with Crippen molar-refractivity contribution in [3.63, 3.8) is 0 Å². The quantitative estimate of drug-likeness (QED) is 0.707. The molecule has 0 bridgehead atoms. The maximum absolute atomic E-state index is 13.1. The minimum absolute atomic E-state index is 0.0348. The molecule has 1 aliphatic rings. The summed E-state index contributed by atoms with van der Waals surface area (Å²) in [4.78, 5) is 26.9. The lowest BCUT2D eigenvalue weighted by atomic mass is 10.0. The highest BCUT2D eigenvalue weighted by Crippen LogP contribution is 2.30. The van der Waals surface area contributed by atoms with E-state index >= 15 is 0 Å². The highest BCUT2D eigenvalue weighted by molar-refractivity contribution is 7.91. The van der Waals surface area contributed by atoms with Gasteiger partial charge in [-0.05, 0) is 51.2 Å². The molecule has 1 fully saturated rings. The molecule has 6 nitrogen and oxygen atoms in total. The third-order valence-electron chi connectivity index (χ3n) is 4.75. The number of carbonyl (C=O) groups excluding carboxylic acids is 2. The van der Waals surface area contributed by atoms with Crippen molar-refractivity contribution in [1.82, 2.24) is 0 Å². The van der Waals surface area contributed by atoms with E-state index in [1.54, 1.807) is 13.8 Å². The Bertz CT molecular complexity index is 767. The van der Waals surface area contributed by atoms with Gasteiger partial charge in [-0.3, -0.25) is 9.69 Å². The van der Waals surface area contributed by atoms with E-state index in [-0.39, 0.29) is 36.4 Å². The molecular weight excluding hydrogens is 354 g/mol. The fourth-order valence-corrected chi connectivity index (χ4v) is 5.33. The topological polar surface area (TPSA) is 80.8 Å². The summed E-state index contributed by atoms with van der Waals surface area (Å²) in [5.41, 5.74) is 2.46. The summed E-state index contributed by atoms with van der Waals surface area (Å²) in [6.45, 7) is 7.38. The van der Waals surface area contributed by atoms with Crippen LogP contribution in [0.5, 0.6) is 0 Å². The van der Waals surface area contributed by atoms with Gasteiger partial charge in [0.25, 0.3) is 0 Å². The normalized spacial score (nSPS) is 19.8. The smallest absolute Gasteiger partial charge is 0.328 e. The van der Waals surface area contributed by atoms with Gasteiger partial charge >= 0.3 is 5.97 Å². The number of esters is 1. The number of benzene rings is 1. The third-order valence-corrected chi connectivity index (χ3v) is 6.59. The number of rotatable bonds is 6. The summed E-state index contributed by atoms with van der Waals surface area (Å²) in [5.74, 6) is -0.754. The first-order valence-electron chi connectivity index (χ1n) is 8.91. The summed E-state index contributed by atoms with van der Waals surface area (Å²) >= 11 is 0. The number of hydrogen-bond donors (Lipinski definition) is 0. The molecular formula is C19H27NO5S. The predicted molar refractivity (Wildman–Crippen MR) is 101 cm³/mol. The molecule has 1 saturated heterocycles. The Balaban J connectivity index is 2.34. The van der Waals surface area contributed by atoms with E-state index in [4.69, 9.17) is 4.74 Å². The van der Waals surface area contributed by atoms with Gasteiger partial charge in [0.05, 0.1) is 23.8 Å². The molecule has 2 rings (SSSR count). The highest BCUT2D eigenvalue weighted by atomic mass is 32.2. The van der Waals surface area contributed by atoms with Gasteiger partial charge in [-0.1, -0.05) is 18.2 Å². The highest BCUT2D eigenvalue weighted by Gasteiger charge is 2.35. The largest absolute Gasteiger partial charge is 0.464 e. The Labute approximate surface area is 155 Å². The zero-order chi connectivity index (χ0) is 19.5. The molecule has 0 N–H and O–H groups in total. The Morgan fingerprint density at radius 1 is 1.27 bits per heavy atom. The summed E-state index contributed by atoms with van der Waals surface area (Å²) in [7, 11) is -3.06. The maximum atomic E-state index is 13.1. The van der Waals surface area contributed by atoms with E-state index in [1.165, 1.54) is 4.90 Å². The van der Waals surface area contributed by atoms with Gasteiger partial charge in [-0.15, -0.1) is 0 Å². The average Bonchev–Trinajstić information content (AvgIpc) is 2.89. The lowest BCUT2D eigenvalue weighted by Gasteiger charge is -2.31. The van der Waals surface area contributed by atoms with Crippen molar-refractivity contribution in [3.8, 4) is 0 Å². The summed E-state index contributed by atoms with van der Waals surface area (Å²) in [5, 5.41) is 0. The van der Waals surface area contributed by atoms with E-state index < -0.39 is 21.8 Å². The van der Waals surface area contributed by atoms with Crippen molar-refractivity contribution in [2.45, 2.75) is 46.6 Å². The van der Waals surface area contributed by atoms with Crippen molar-refractivity contribution in [2.75, 3.05) is 23.0 Å². The molecule has 26 heavy (non-hydrogen) atoms. The first-order valence-corrected chi connectivity index (χ1v) is 10.7. The number of aryl methyl sites for hydroxylation is 2. The average molecular weight is 381 g/mol. The second kappa shape index (κ2) is 8.20. The second-order valence-electron chi connectivity index (χ2n) is 6.91. The molecule has 1 heterocycles. The van der Waals surface area contributed by atoms with Crippen molar-refractivity contribution in [1.29, 1.82) is 0 Å². The molecule has 2 unspecified atom stereocenters. The van der Waals surface area contributed by atoms with Gasteiger partial charge in [0.1, 0.15) is 6.04 Å². The molecule has 1 amide bonds. The van der Waals surface area contributed by atoms with Crippen LogP contribution in [0.25, 0.3) is 0 Å². The zero-order valence-corrected chi connectivity index (χ0v) is 16.6. The fraction of sp³-hybridized carbons (Fsp3) is 0.579. The van der Waals surface area contributed by atoms with Crippen LogP contribution in [0.4, 0.5) is 5.69 Å². The third kappa shape index (κ3) is 4.63. The number of carbonyl (C=O) groups is 2. The minimum atomic E-state index is -3.06. The summed E-state index contributed by atoms with van der Waals surface area (Å²) in [6, 6.07) is 4.90. The second-order valence-corrected chi connectivity index (χ2v) is 9.13. The van der Waals surface area contributed by atoms with Crippen molar-refractivity contribution < 1.29 is 22.7 Å². The monoisotopic (exact) mass is 381 g/mol. The number of hydrogen-bond acceptors (Lipinski definition) is 5. The van der Waals surface area contributed by atoms with Crippen LogP contribution in [-0.2, 0) is 24.2 Å². The van der Waals surface area contributed by atoms with Gasteiger partial charge in [-0.2, -0.15) is 0 Å². The molecule has 7 heteroatoms. The van der Waals surface area contributed by atoms with Crippen LogP contribution < -0.4 is 4.90 Å². The van der Waals surface area contributed by atoms with Gasteiger partial charge in [-0.25, -0.2) is 13.2 Å². The molecule has 0 aliphatic carbocycles. The van der Waals surface area contributed by atoms with Crippen molar-refractivity contribution in [3.05, 3.63) is 29.3 Å². The van der Waals surface area contributed by atoms with Crippen LogP contribution in [0.15, 0.2) is 18.2 Å². The van der Waals surface area contributed by atoms with E-state index in [0.717, 1.165) is 11.1 Å². The summed E-state index contributed by atoms with van der Waals surface area (Å²) < 4.78 is 28.5. The predicted octanol–water partition coefficient (Wildman–Crippen LogP) is 2.41. The SMILES string of the molecule is CCOC(=O)C(C)N(C(=O)CC1CCS(=O)(=O)C1)c1c(C)cccc1C. The van der Waals surface area contributed by atoms with Crippen molar-refractivity contribution in [2.24, 2.45) is 5.92 Å². The van der Waals surface area contributed by atoms with Gasteiger partial charge in [0.15, 0.2) is 9.84 Å². The standard InChI is InChI=1S/C19H27NO5S/c1-5-25-19(22)15(4)20(18-13(2)7-6-8-14(18)3)17(21)11-16-9-10-26(23,24)12-16/h6-8,15-16H,5,9-12H2,1-4H3. The Kier molecular flexibility index (Phi) is 6.44. The van der Waals surface area contributed by atoms with E-state index in [0.29, 0.717) is 12.1 Å². The van der Waals surface area contributed by atoms with Crippen LogP contribution >= 0.6 is 0 Å². The van der Waals surface area contributed by atoms with E-state index in [9.17, 15) is 18.0 Å². The number of nitrogens with zero attached hydrogens (tertiary/aromatic N) is 1. The first-order chi connectivity index (χ1) is 12.2. The van der Waals surface area contributed by atoms with Gasteiger partial charge in [0, 0.05) is 6.42 Å². The molecule has 1 aromatic rings. The lowest BCUT2D eigenvalue weighted by molar-refractivity contribution is -0.145. The molecule has 144 valence electrons. The first kappa shape index (κ1) is 20.4. The van der Waals surface area contributed by atoms with Crippen LogP contribution in [0.3, 0.4) is 0 Å². The van der Waals surface area contributed by atoms with E-state index in [2.05, 4.69) is 0 Å². The molecule has 1 aromatic carbocycles. The minimum Gasteiger partial charge on any atom is -0.464 e. The Morgan fingerprint density at radius 3 is 2.38 bits per heavy atom. The number of amides is 1. The number of para-hydroxylation sites is 1. The van der Waals surface area contributed by atoms with Crippen LogP contribution in [0, 0.1) is 19.8 Å². The number of sulfone groups is 1. The molecule has 0 saturated carbocycles. The molecule has 0 spiro atoms. The lowest BCUT2D eigenvalue weighted by Crippen LogP contribution is -2.45. The van der Waals surface area contributed by atoms with Crippen molar-refractivity contribution >= 4 is 27.4 Å². The molecule has 0 aromatic heterocycles. The number of anilines is 1. The number of ether oxygens (including phenoxy) is 1. The Morgan fingerprint density at radius 2 is 1.88 bits per heavy atom. The summed E-state index contributed by atoms with van der Waals surface area (Å²) in [6.07, 6.45) is 0.596. The van der Waals surface area contributed by atoms with Crippen LogP contribution in [0.2, 0.25) is 0 Å². The molecule has 1 aliphatic heterocycles.